The summed E-state index contributed by atoms with van der Waals surface area (Å²) in [4.78, 5) is 18.1. The van der Waals surface area contributed by atoms with Crippen molar-refractivity contribution < 1.29 is 14.3 Å². The van der Waals surface area contributed by atoms with Crippen molar-refractivity contribution in [1.29, 1.82) is 0 Å². The Morgan fingerprint density at radius 1 is 1.38 bits per heavy atom. The molecule has 0 bridgehead atoms. The van der Waals surface area contributed by atoms with Gasteiger partial charge in [-0.05, 0) is 50.3 Å². The van der Waals surface area contributed by atoms with Crippen molar-refractivity contribution >= 4 is 11.7 Å². The minimum atomic E-state index is -0.468. The Morgan fingerprint density at radius 2 is 2.17 bits per heavy atom. The quantitative estimate of drug-likeness (QED) is 0.783. The summed E-state index contributed by atoms with van der Waals surface area (Å²) < 4.78 is 10.3. The lowest BCUT2D eigenvalue weighted by atomic mass is 10.0. The summed E-state index contributed by atoms with van der Waals surface area (Å²) in [6.45, 7) is 7.22. The lowest BCUT2D eigenvalue weighted by molar-refractivity contribution is 0.0270. The molecule has 1 aliphatic rings. The SMILES string of the molecule is COCC#Cc1ccc(C2=CCN(C(=O)OC(C)(C)C)CC2)cn1. The van der Waals surface area contributed by atoms with Crippen molar-refractivity contribution in [3.8, 4) is 11.8 Å². The van der Waals surface area contributed by atoms with E-state index in [2.05, 4.69) is 22.9 Å². The van der Waals surface area contributed by atoms with Gasteiger partial charge in [-0.1, -0.05) is 18.1 Å². The first kappa shape index (κ1) is 18.0. The van der Waals surface area contributed by atoms with Crippen LogP contribution in [0.2, 0.25) is 0 Å². The molecular weight excluding hydrogens is 304 g/mol. The highest BCUT2D eigenvalue weighted by molar-refractivity contribution is 5.72. The van der Waals surface area contributed by atoms with Gasteiger partial charge in [0.05, 0.1) is 0 Å². The Hall–Kier alpha value is -2.32. The third kappa shape index (κ3) is 5.39. The summed E-state index contributed by atoms with van der Waals surface area (Å²) in [5, 5.41) is 0. The first-order valence-electron chi connectivity index (χ1n) is 8.00. The van der Waals surface area contributed by atoms with E-state index in [9.17, 15) is 4.79 Å². The van der Waals surface area contributed by atoms with E-state index in [4.69, 9.17) is 9.47 Å². The zero-order valence-electron chi connectivity index (χ0n) is 14.8. The molecule has 0 aromatic carbocycles. The van der Waals surface area contributed by atoms with Gasteiger partial charge in [0.1, 0.15) is 17.9 Å². The number of carbonyl (C=O) groups excluding carboxylic acids is 1. The third-order valence-corrected chi connectivity index (χ3v) is 3.43. The van der Waals surface area contributed by atoms with Crippen LogP contribution in [0, 0.1) is 11.8 Å². The fourth-order valence-electron chi connectivity index (χ4n) is 2.28. The van der Waals surface area contributed by atoms with Crippen LogP contribution in [0.4, 0.5) is 4.79 Å². The molecule has 0 saturated heterocycles. The van der Waals surface area contributed by atoms with E-state index >= 15 is 0 Å². The van der Waals surface area contributed by atoms with Gasteiger partial charge in [0.15, 0.2) is 0 Å². The molecule has 0 saturated carbocycles. The van der Waals surface area contributed by atoms with Crippen LogP contribution < -0.4 is 0 Å². The van der Waals surface area contributed by atoms with E-state index in [0.29, 0.717) is 19.7 Å². The zero-order chi connectivity index (χ0) is 17.6. The second-order valence-electron chi connectivity index (χ2n) is 6.57. The Balaban J connectivity index is 1.97. The number of hydrogen-bond acceptors (Lipinski definition) is 4. The van der Waals surface area contributed by atoms with Crippen LogP contribution in [0.3, 0.4) is 0 Å². The Kier molecular flexibility index (Phi) is 5.99. The average Bonchev–Trinajstić information content (AvgIpc) is 2.54. The molecule has 2 heterocycles. The highest BCUT2D eigenvalue weighted by Crippen LogP contribution is 2.23. The van der Waals surface area contributed by atoms with E-state index in [0.717, 1.165) is 17.7 Å². The fraction of sp³-hybridized carbons (Fsp3) is 0.474. The van der Waals surface area contributed by atoms with E-state index in [1.165, 1.54) is 5.57 Å². The predicted molar refractivity (Wildman–Crippen MR) is 93.4 cm³/mol. The molecule has 0 aliphatic carbocycles. The minimum Gasteiger partial charge on any atom is -0.444 e. The van der Waals surface area contributed by atoms with Crippen LogP contribution in [0.15, 0.2) is 24.4 Å². The number of hydrogen-bond donors (Lipinski definition) is 0. The number of rotatable bonds is 2. The van der Waals surface area contributed by atoms with Crippen LogP contribution in [0.25, 0.3) is 5.57 Å². The van der Waals surface area contributed by atoms with Gasteiger partial charge in [-0.15, -0.1) is 0 Å². The predicted octanol–water partition coefficient (Wildman–Crippen LogP) is 3.10. The Morgan fingerprint density at radius 3 is 2.71 bits per heavy atom. The lowest BCUT2D eigenvalue weighted by Crippen LogP contribution is -2.39. The number of pyridine rings is 1. The summed E-state index contributed by atoms with van der Waals surface area (Å²) >= 11 is 0. The molecule has 0 atom stereocenters. The summed E-state index contributed by atoms with van der Waals surface area (Å²) in [6.07, 6.45) is 4.40. The first-order chi connectivity index (χ1) is 11.4. The van der Waals surface area contributed by atoms with Gasteiger partial charge < -0.3 is 14.4 Å². The standard InChI is InChI=1S/C19H24N2O3/c1-19(2,3)24-18(22)21-11-9-15(10-12-21)16-7-8-17(20-14-16)6-5-13-23-4/h7-9,14H,10-13H2,1-4H3. The monoisotopic (exact) mass is 328 g/mol. The normalized spacial score (nSPS) is 14.5. The van der Waals surface area contributed by atoms with Crippen molar-refractivity contribution in [3.05, 3.63) is 35.7 Å². The third-order valence-electron chi connectivity index (χ3n) is 3.43. The second kappa shape index (κ2) is 7.98. The molecule has 2 rings (SSSR count). The fourth-order valence-corrected chi connectivity index (χ4v) is 2.28. The molecule has 0 fully saturated rings. The summed E-state index contributed by atoms with van der Waals surface area (Å²) in [6, 6.07) is 3.91. The Bertz CT molecular complexity index is 661. The maximum Gasteiger partial charge on any atom is 0.410 e. The second-order valence-corrected chi connectivity index (χ2v) is 6.57. The molecule has 0 N–H and O–H groups in total. The van der Waals surface area contributed by atoms with E-state index in [-0.39, 0.29) is 6.09 Å². The van der Waals surface area contributed by atoms with Gasteiger partial charge in [0, 0.05) is 26.4 Å². The van der Waals surface area contributed by atoms with Gasteiger partial charge in [-0.3, -0.25) is 0 Å². The van der Waals surface area contributed by atoms with Crippen LogP contribution in [-0.2, 0) is 9.47 Å². The van der Waals surface area contributed by atoms with Gasteiger partial charge in [0.25, 0.3) is 0 Å². The number of methoxy groups -OCH3 is 1. The highest BCUT2D eigenvalue weighted by atomic mass is 16.6. The lowest BCUT2D eigenvalue weighted by Gasteiger charge is -2.29. The number of ether oxygens (including phenoxy) is 2. The first-order valence-corrected chi connectivity index (χ1v) is 8.00. The largest absolute Gasteiger partial charge is 0.444 e. The van der Waals surface area contributed by atoms with E-state index < -0.39 is 5.60 Å². The average molecular weight is 328 g/mol. The number of carbonyl (C=O) groups is 1. The summed E-state index contributed by atoms with van der Waals surface area (Å²) in [5.41, 5.74) is 2.52. The number of aromatic nitrogens is 1. The van der Waals surface area contributed by atoms with E-state index in [1.807, 2.05) is 39.1 Å². The number of nitrogens with zero attached hydrogens (tertiary/aromatic N) is 2. The topological polar surface area (TPSA) is 51.7 Å². The molecule has 0 spiro atoms. The minimum absolute atomic E-state index is 0.264. The molecule has 128 valence electrons. The van der Waals surface area contributed by atoms with E-state index in [1.54, 1.807) is 12.0 Å². The summed E-state index contributed by atoms with van der Waals surface area (Å²) in [5.74, 6) is 5.82. The molecule has 0 radical (unpaired) electrons. The number of amides is 1. The maximum atomic E-state index is 12.1. The van der Waals surface area contributed by atoms with Gasteiger partial charge in [0.2, 0.25) is 0 Å². The van der Waals surface area contributed by atoms with Crippen LogP contribution in [0.1, 0.15) is 38.4 Å². The van der Waals surface area contributed by atoms with Crippen molar-refractivity contribution in [2.45, 2.75) is 32.8 Å². The highest BCUT2D eigenvalue weighted by Gasteiger charge is 2.23. The molecule has 1 aromatic heterocycles. The molecule has 0 unspecified atom stereocenters. The van der Waals surface area contributed by atoms with Crippen molar-refractivity contribution in [3.63, 3.8) is 0 Å². The Labute approximate surface area is 143 Å². The van der Waals surface area contributed by atoms with Crippen LogP contribution >= 0.6 is 0 Å². The van der Waals surface area contributed by atoms with Crippen molar-refractivity contribution in [2.24, 2.45) is 0 Å². The van der Waals surface area contributed by atoms with Crippen molar-refractivity contribution in [2.75, 3.05) is 26.8 Å². The van der Waals surface area contributed by atoms with Gasteiger partial charge in [-0.2, -0.15) is 0 Å². The smallest absolute Gasteiger partial charge is 0.410 e. The molecule has 24 heavy (non-hydrogen) atoms. The van der Waals surface area contributed by atoms with Crippen LogP contribution in [-0.4, -0.2) is 48.4 Å². The van der Waals surface area contributed by atoms with Crippen molar-refractivity contribution in [1.82, 2.24) is 9.88 Å². The van der Waals surface area contributed by atoms with Gasteiger partial charge >= 0.3 is 6.09 Å². The zero-order valence-corrected chi connectivity index (χ0v) is 14.8. The molecule has 5 nitrogen and oxygen atoms in total. The molecule has 1 aromatic rings. The maximum absolute atomic E-state index is 12.1. The van der Waals surface area contributed by atoms with Gasteiger partial charge in [-0.25, -0.2) is 9.78 Å². The molecule has 5 heteroatoms. The van der Waals surface area contributed by atoms with Crippen LogP contribution in [0.5, 0.6) is 0 Å². The molecule has 1 aliphatic heterocycles. The summed E-state index contributed by atoms with van der Waals surface area (Å²) in [7, 11) is 1.61. The molecule has 1 amide bonds. The molecular formula is C19H24N2O3.